The van der Waals surface area contributed by atoms with E-state index in [9.17, 15) is 18.0 Å². The Morgan fingerprint density at radius 3 is 2.10 bits per heavy atom. The second-order valence-electron chi connectivity index (χ2n) is 6.19. The molecule has 20 heavy (non-hydrogen) atoms. The second-order valence-corrected chi connectivity index (χ2v) is 6.19. The lowest BCUT2D eigenvalue weighted by Gasteiger charge is -2.30. The predicted octanol–water partition coefficient (Wildman–Crippen LogP) is 3.47. The van der Waals surface area contributed by atoms with Gasteiger partial charge in [0, 0.05) is 14.9 Å². The van der Waals surface area contributed by atoms with Crippen molar-refractivity contribution in [3.63, 3.8) is 0 Å². The van der Waals surface area contributed by atoms with E-state index >= 15 is 0 Å². The Labute approximate surface area is 120 Å². The molecule has 0 spiro atoms. The van der Waals surface area contributed by atoms with Crippen molar-refractivity contribution in [1.82, 2.24) is 10.6 Å². The molecular formula is C13H27F3N2O2. The molecule has 1 fully saturated rings. The number of rotatable bonds is 3. The van der Waals surface area contributed by atoms with Crippen molar-refractivity contribution in [2.24, 2.45) is 0 Å². The minimum atomic E-state index is -4.17. The summed E-state index contributed by atoms with van der Waals surface area (Å²) < 4.78 is 41.4. The molecule has 0 bridgehead atoms. The third-order valence-corrected chi connectivity index (χ3v) is 3.04. The van der Waals surface area contributed by atoms with Crippen molar-refractivity contribution in [3.05, 3.63) is 0 Å². The van der Waals surface area contributed by atoms with Gasteiger partial charge in [0.25, 0.3) is 0 Å². The Kier molecular flexibility index (Phi) is 5.68. The molecule has 0 heterocycles. The largest absolute Gasteiger partial charge is 0.444 e. The standard InChI is InChI=1S/C13H23F3N2O2.2H2/c1-12(2,3)20-11(19)18-10-6-4-9(5-7-10)17-8-13(14,15)16;;/h9-10,17H,4-8H2,1-3H3,(H,18,19);2*1H. The van der Waals surface area contributed by atoms with Crippen LogP contribution < -0.4 is 10.6 Å². The number of ether oxygens (including phenoxy) is 1. The fourth-order valence-corrected chi connectivity index (χ4v) is 2.18. The first-order valence-electron chi connectivity index (χ1n) is 6.85. The van der Waals surface area contributed by atoms with Crippen LogP contribution in [0, 0.1) is 0 Å². The fraction of sp³-hybridized carbons (Fsp3) is 0.923. The molecule has 0 atom stereocenters. The van der Waals surface area contributed by atoms with Crippen LogP contribution in [0.1, 0.15) is 49.3 Å². The average molecular weight is 300 g/mol. The molecule has 0 aromatic heterocycles. The van der Waals surface area contributed by atoms with Crippen LogP contribution in [0.4, 0.5) is 18.0 Å². The molecule has 122 valence electrons. The van der Waals surface area contributed by atoms with E-state index in [-0.39, 0.29) is 14.9 Å². The second kappa shape index (κ2) is 6.65. The zero-order valence-electron chi connectivity index (χ0n) is 12.1. The number of carbonyl (C=O) groups is 1. The molecule has 7 heteroatoms. The zero-order valence-corrected chi connectivity index (χ0v) is 12.1. The quantitative estimate of drug-likeness (QED) is 0.839. The van der Waals surface area contributed by atoms with Crippen LogP contribution in [-0.2, 0) is 4.74 Å². The highest BCUT2D eigenvalue weighted by Crippen LogP contribution is 2.21. The number of amides is 1. The summed E-state index contributed by atoms with van der Waals surface area (Å²) in [6, 6.07) is -0.151. The SMILES string of the molecule is CC(C)(C)OC(=O)NC1CCC(NCC(F)(F)F)CC1.[HH].[HH]. The molecule has 0 aromatic rings. The summed E-state index contributed by atoms with van der Waals surface area (Å²) in [5, 5.41) is 5.26. The van der Waals surface area contributed by atoms with Gasteiger partial charge in [-0.3, -0.25) is 0 Å². The maximum atomic E-state index is 12.1. The lowest BCUT2D eigenvalue weighted by molar-refractivity contribution is -0.126. The van der Waals surface area contributed by atoms with Crippen LogP contribution in [-0.4, -0.2) is 36.5 Å². The van der Waals surface area contributed by atoms with Crippen LogP contribution in [0.3, 0.4) is 0 Å². The van der Waals surface area contributed by atoms with E-state index in [1.807, 2.05) is 0 Å². The molecule has 0 saturated heterocycles. The van der Waals surface area contributed by atoms with E-state index in [0.29, 0.717) is 25.7 Å². The van der Waals surface area contributed by atoms with Crippen molar-refractivity contribution in [2.75, 3.05) is 6.54 Å². The van der Waals surface area contributed by atoms with Crippen molar-refractivity contribution in [3.8, 4) is 0 Å². The molecule has 0 aliphatic heterocycles. The third kappa shape index (κ3) is 7.57. The van der Waals surface area contributed by atoms with Gasteiger partial charge in [0.1, 0.15) is 5.60 Å². The van der Waals surface area contributed by atoms with E-state index in [0.717, 1.165) is 0 Å². The molecule has 1 amide bonds. The van der Waals surface area contributed by atoms with Crippen molar-refractivity contribution < 1.29 is 25.6 Å². The molecular weight excluding hydrogens is 273 g/mol. The van der Waals surface area contributed by atoms with Crippen LogP contribution in [0.25, 0.3) is 0 Å². The monoisotopic (exact) mass is 300 g/mol. The Balaban J connectivity index is 0. The van der Waals surface area contributed by atoms with E-state index in [2.05, 4.69) is 10.6 Å². The van der Waals surface area contributed by atoms with Crippen molar-refractivity contribution >= 4 is 6.09 Å². The minimum Gasteiger partial charge on any atom is -0.444 e. The van der Waals surface area contributed by atoms with Gasteiger partial charge < -0.3 is 15.4 Å². The smallest absolute Gasteiger partial charge is 0.407 e. The van der Waals surface area contributed by atoms with Crippen molar-refractivity contribution in [1.29, 1.82) is 0 Å². The fourth-order valence-electron chi connectivity index (χ4n) is 2.18. The summed E-state index contributed by atoms with van der Waals surface area (Å²) in [6.45, 7) is 4.39. The van der Waals surface area contributed by atoms with E-state index in [1.165, 1.54) is 0 Å². The molecule has 1 rings (SSSR count). The van der Waals surface area contributed by atoms with Gasteiger partial charge in [-0.05, 0) is 46.5 Å². The summed E-state index contributed by atoms with van der Waals surface area (Å²) in [5.74, 6) is 0. The molecule has 0 radical (unpaired) electrons. The summed E-state index contributed by atoms with van der Waals surface area (Å²) in [6.07, 6.45) is -2.08. The van der Waals surface area contributed by atoms with Crippen LogP contribution in [0.5, 0.6) is 0 Å². The summed E-state index contributed by atoms with van der Waals surface area (Å²) in [5.41, 5.74) is -0.546. The van der Waals surface area contributed by atoms with Gasteiger partial charge in [-0.2, -0.15) is 13.2 Å². The maximum Gasteiger partial charge on any atom is 0.407 e. The van der Waals surface area contributed by atoms with Crippen LogP contribution >= 0.6 is 0 Å². The number of alkyl halides is 3. The van der Waals surface area contributed by atoms with E-state index in [4.69, 9.17) is 4.74 Å². The Morgan fingerprint density at radius 2 is 1.65 bits per heavy atom. The first-order chi connectivity index (χ1) is 9.05. The molecule has 0 aromatic carbocycles. The highest BCUT2D eigenvalue weighted by Gasteiger charge is 2.30. The predicted molar refractivity (Wildman–Crippen MR) is 73.7 cm³/mol. The maximum absolute atomic E-state index is 12.1. The molecule has 4 nitrogen and oxygen atoms in total. The van der Waals surface area contributed by atoms with Gasteiger partial charge in [0.2, 0.25) is 0 Å². The Bertz CT molecular complexity index is 328. The Hall–Kier alpha value is -0.980. The van der Waals surface area contributed by atoms with E-state index in [1.54, 1.807) is 20.8 Å². The summed E-state index contributed by atoms with van der Waals surface area (Å²) in [4.78, 5) is 11.6. The van der Waals surface area contributed by atoms with Crippen LogP contribution in [0.15, 0.2) is 0 Å². The topological polar surface area (TPSA) is 50.4 Å². The first-order valence-corrected chi connectivity index (χ1v) is 6.85. The van der Waals surface area contributed by atoms with Gasteiger partial charge in [-0.25, -0.2) is 4.79 Å². The average Bonchev–Trinajstić information content (AvgIpc) is 2.24. The highest BCUT2D eigenvalue weighted by molar-refractivity contribution is 5.68. The Morgan fingerprint density at radius 1 is 1.15 bits per heavy atom. The number of carbonyl (C=O) groups excluding carboxylic acids is 1. The number of hydrogen-bond donors (Lipinski definition) is 2. The number of hydrogen-bond acceptors (Lipinski definition) is 3. The van der Waals surface area contributed by atoms with Gasteiger partial charge in [0.15, 0.2) is 0 Å². The summed E-state index contributed by atoms with van der Waals surface area (Å²) >= 11 is 0. The lowest BCUT2D eigenvalue weighted by atomic mass is 9.91. The summed E-state index contributed by atoms with van der Waals surface area (Å²) in [7, 11) is 0. The molecule has 1 aliphatic rings. The normalized spacial score (nSPS) is 24.3. The third-order valence-electron chi connectivity index (χ3n) is 3.04. The first kappa shape index (κ1) is 17.1. The van der Waals surface area contributed by atoms with Gasteiger partial charge in [0.05, 0.1) is 6.54 Å². The highest BCUT2D eigenvalue weighted by atomic mass is 19.4. The van der Waals surface area contributed by atoms with Crippen molar-refractivity contribution in [2.45, 2.75) is 70.3 Å². The lowest BCUT2D eigenvalue weighted by Crippen LogP contribution is -2.45. The molecule has 0 unspecified atom stereocenters. The number of halogens is 3. The number of alkyl carbamates (subject to hydrolysis) is 1. The molecule has 2 N–H and O–H groups in total. The molecule has 1 aliphatic carbocycles. The van der Waals surface area contributed by atoms with Gasteiger partial charge in [-0.15, -0.1) is 0 Å². The van der Waals surface area contributed by atoms with Gasteiger partial charge in [-0.1, -0.05) is 0 Å². The van der Waals surface area contributed by atoms with Crippen LogP contribution in [0.2, 0.25) is 0 Å². The van der Waals surface area contributed by atoms with Gasteiger partial charge >= 0.3 is 12.3 Å². The number of nitrogens with one attached hydrogen (secondary N) is 2. The van der Waals surface area contributed by atoms with E-state index < -0.39 is 24.4 Å². The molecule has 1 saturated carbocycles. The zero-order chi connectivity index (χ0) is 15.4. The minimum absolute atomic E-state index is 0.